The van der Waals surface area contributed by atoms with Crippen LogP contribution in [0.3, 0.4) is 0 Å². The first-order chi connectivity index (χ1) is 12.2. The second kappa shape index (κ2) is 6.95. The predicted molar refractivity (Wildman–Crippen MR) is 96.2 cm³/mol. The molecule has 8 nitrogen and oxygen atoms in total. The number of rotatable bonds is 3. The molecule has 8 heteroatoms. The zero-order chi connectivity index (χ0) is 17.2. The number of hydrogen-bond donors (Lipinski definition) is 1. The van der Waals surface area contributed by atoms with Crippen LogP contribution in [0, 0.1) is 6.92 Å². The van der Waals surface area contributed by atoms with Crippen molar-refractivity contribution in [1.82, 2.24) is 29.6 Å². The highest BCUT2D eigenvalue weighted by Gasteiger charge is 2.22. The Kier molecular flexibility index (Phi) is 4.52. The fourth-order valence-corrected chi connectivity index (χ4v) is 3.73. The van der Waals surface area contributed by atoms with E-state index >= 15 is 0 Å². The standard InChI is InChI=1S/C17H26N8/c1-13-11-15(20-17(18)19-13)24-9-7-23(8-10-24)12-16-22-21-14-5-3-2-4-6-25(14)16/h11H,2-10,12H2,1H3,(H2,18,19,20). The van der Waals surface area contributed by atoms with E-state index in [1.165, 1.54) is 19.3 Å². The van der Waals surface area contributed by atoms with Crippen LogP contribution in [0.4, 0.5) is 11.8 Å². The van der Waals surface area contributed by atoms with Crippen LogP contribution in [0.2, 0.25) is 0 Å². The summed E-state index contributed by atoms with van der Waals surface area (Å²) >= 11 is 0. The molecule has 1 saturated heterocycles. The summed E-state index contributed by atoms with van der Waals surface area (Å²) in [5.41, 5.74) is 6.70. The Morgan fingerprint density at radius 3 is 2.64 bits per heavy atom. The van der Waals surface area contributed by atoms with Gasteiger partial charge in [0.15, 0.2) is 0 Å². The SMILES string of the molecule is Cc1cc(N2CCN(Cc3nnc4n3CCCCC4)CC2)nc(N)n1. The lowest BCUT2D eigenvalue weighted by molar-refractivity contribution is 0.239. The maximum Gasteiger partial charge on any atom is 0.222 e. The van der Waals surface area contributed by atoms with Crippen molar-refractivity contribution in [3.8, 4) is 0 Å². The molecule has 4 heterocycles. The molecule has 0 amide bonds. The first-order valence-electron chi connectivity index (χ1n) is 9.18. The smallest absolute Gasteiger partial charge is 0.222 e. The first kappa shape index (κ1) is 16.3. The number of aryl methyl sites for hydroxylation is 2. The fourth-order valence-electron chi connectivity index (χ4n) is 3.73. The highest BCUT2D eigenvalue weighted by atomic mass is 15.3. The quantitative estimate of drug-likeness (QED) is 0.890. The molecule has 0 unspecified atom stereocenters. The second-order valence-corrected chi connectivity index (χ2v) is 6.98. The van der Waals surface area contributed by atoms with Crippen molar-refractivity contribution in [3.63, 3.8) is 0 Å². The molecular weight excluding hydrogens is 316 g/mol. The minimum atomic E-state index is 0.351. The van der Waals surface area contributed by atoms with Crippen molar-refractivity contribution in [1.29, 1.82) is 0 Å². The van der Waals surface area contributed by atoms with Crippen molar-refractivity contribution in [2.45, 2.75) is 45.7 Å². The molecular formula is C17H26N8. The van der Waals surface area contributed by atoms with E-state index in [0.717, 1.165) is 68.8 Å². The monoisotopic (exact) mass is 342 g/mol. The maximum atomic E-state index is 5.78. The maximum absolute atomic E-state index is 5.78. The van der Waals surface area contributed by atoms with E-state index in [1.807, 2.05) is 13.0 Å². The molecule has 2 N–H and O–H groups in total. The first-order valence-corrected chi connectivity index (χ1v) is 9.18. The second-order valence-electron chi connectivity index (χ2n) is 6.98. The molecule has 0 aromatic carbocycles. The Morgan fingerprint density at radius 2 is 1.84 bits per heavy atom. The molecule has 2 aromatic rings. The molecule has 0 aliphatic carbocycles. The Hall–Kier alpha value is -2.22. The van der Waals surface area contributed by atoms with Crippen LogP contribution in [0.1, 0.15) is 36.6 Å². The van der Waals surface area contributed by atoms with Crippen molar-refractivity contribution in [3.05, 3.63) is 23.4 Å². The fraction of sp³-hybridized carbons (Fsp3) is 0.647. The minimum absolute atomic E-state index is 0.351. The van der Waals surface area contributed by atoms with Gasteiger partial charge >= 0.3 is 0 Å². The Bertz CT molecular complexity index is 712. The van der Waals surface area contributed by atoms with Crippen molar-refractivity contribution in [2.24, 2.45) is 0 Å². The Morgan fingerprint density at radius 1 is 1.00 bits per heavy atom. The number of nitrogen functional groups attached to an aromatic ring is 1. The predicted octanol–water partition coefficient (Wildman–Crippen LogP) is 1.01. The van der Waals surface area contributed by atoms with E-state index < -0.39 is 0 Å². The van der Waals surface area contributed by atoms with Gasteiger partial charge in [0.2, 0.25) is 5.95 Å². The molecule has 1 fully saturated rings. The molecule has 2 aromatic heterocycles. The van der Waals surface area contributed by atoms with Gasteiger partial charge in [0, 0.05) is 50.9 Å². The van der Waals surface area contributed by atoms with E-state index in [1.54, 1.807) is 0 Å². The van der Waals surface area contributed by atoms with E-state index in [9.17, 15) is 0 Å². The number of piperazine rings is 1. The molecule has 0 radical (unpaired) electrons. The van der Waals surface area contributed by atoms with Gasteiger partial charge in [-0.1, -0.05) is 6.42 Å². The summed E-state index contributed by atoms with van der Waals surface area (Å²) in [6, 6.07) is 2.00. The van der Waals surface area contributed by atoms with Crippen LogP contribution in [-0.2, 0) is 19.5 Å². The van der Waals surface area contributed by atoms with Crippen LogP contribution < -0.4 is 10.6 Å². The lowest BCUT2D eigenvalue weighted by Crippen LogP contribution is -2.46. The third-order valence-corrected chi connectivity index (χ3v) is 5.11. The van der Waals surface area contributed by atoms with Crippen molar-refractivity contribution in [2.75, 3.05) is 36.8 Å². The van der Waals surface area contributed by atoms with E-state index in [2.05, 4.69) is 34.5 Å². The van der Waals surface area contributed by atoms with Crippen LogP contribution in [0.15, 0.2) is 6.07 Å². The van der Waals surface area contributed by atoms with Crippen LogP contribution >= 0.6 is 0 Å². The number of anilines is 2. The number of nitrogens with zero attached hydrogens (tertiary/aromatic N) is 7. The van der Waals surface area contributed by atoms with Gasteiger partial charge in [0.05, 0.1) is 6.54 Å². The highest BCUT2D eigenvalue weighted by Crippen LogP contribution is 2.18. The summed E-state index contributed by atoms with van der Waals surface area (Å²) < 4.78 is 2.34. The van der Waals surface area contributed by atoms with Crippen molar-refractivity contribution >= 4 is 11.8 Å². The number of aromatic nitrogens is 5. The normalized spacial score (nSPS) is 18.8. The van der Waals surface area contributed by atoms with Gasteiger partial charge in [0.1, 0.15) is 17.5 Å². The third-order valence-electron chi connectivity index (χ3n) is 5.11. The lowest BCUT2D eigenvalue weighted by Gasteiger charge is -2.35. The molecule has 0 atom stereocenters. The van der Waals surface area contributed by atoms with Gasteiger partial charge < -0.3 is 15.2 Å². The van der Waals surface area contributed by atoms with Gasteiger partial charge in [-0.15, -0.1) is 10.2 Å². The summed E-state index contributed by atoms with van der Waals surface area (Å²) in [7, 11) is 0. The molecule has 134 valence electrons. The zero-order valence-corrected chi connectivity index (χ0v) is 14.9. The summed E-state index contributed by atoms with van der Waals surface area (Å²) in [6.07, 6.45) is 4.83. The summed E-state index contributed by atoms with van der Waals surface area (Å²) in [5, 5.41) is 8.86. The van der Waals surface area contributed by atoms with E-state index in [0.29, 0.717) is 5.95 Å². The van der Waals surface area contributed by atoms with Gasteiger partial charge in [0.25, 0.3) is 0 Å². The van der Waals surface area contributed by atoms with Gasteiger partial charge in [-0.05, 0) is 19.8 Å². The van der Waals surface area contributed by atoms with E-state index in [4.69, 9.17) is 5.73 Å². The third kappa shape index (κ3) is 3.58. The summed E-state index contributed by atoms with van der Waals surface area (Å²) in [6.45, 7) is 7.77. The summed E-state index contributed by atoms with van der Waals surface area (Å²) in [5.74, 6) is 3.56. The Balaban J connectivity index is 1.39. The Labute approximate surface area is 148 Å². The van der Waals surface area contributed by atoms with Gasteiger partial charge in [-0.2, -0.15) is 4.98 Å². The number of hydrogen-bond acceptors (Lipinski definition) is 7. The largest absolute Gasteiger partial charge is 0.368 e. The summed E-state index contributed by atoms with van der Waals surface area (Å²) in [4.78, 5) is 13.3. The van der Waals surface area contributed by atoms with E-state index in [-0.39, 0.29) is 0 Å². The van der Waals surface area contributed by atoms with Gasteiger partial charge in [-0.25, -0.2) is 4.98 Å². The van der Waals surface area contributed by atoms with Crippen LogP contribution in [0.25, 0.3) is 0 Å². The minimum Gasteiger partial charge on any atom is -0.368 e. The molecule has 2 aliphatic rings. The number of nitrogens with two attached hydrogens (primary N) is 1. The van der Waals surface area contributed by atoms with Crippen LogP contribution in [0.5, 0.6) is 0 Å². The molecule has 4 rings (SSSR count). The number of fused-ring (bicyclic) bond motifs is 1. The average Bonchev–Trinajstić information content (AvgIpc) is 2.82. The topological polar surface area (TPSA) is 89.0 Å². The average molecular weight is 342 g/mol. The lowest BCUT2D eigenvalue weighted by atomic mass is 10.2. The van der Waals surface area contributed by atoms with Crippen LogP contribution in [-0.4, -0.2) is 55.8 Å². The molecule has 0 saturated carbocycles. The molecule has 0 bridgehead atoms. The van der Waals surface area contributed by atoms with Crippen molar-refractivity contribution < 1.29 is 0 Å². The van der Waals surface area contributed by atoms with Gasteiger partial charge in [-0.3, -0.25) is 4.90 Å². The zero-order valence-electron chi connectivity index (χ0n) is 14.9. The highest BCUT2D eigenvalue weighted by molar-refractivity contribution is 5.43. The molecule has 25 heavy (non-hydrogen) atoms. The molecule has 2 aliphatic heterocycles. The molecule has 0 spiro atoms.